The molecule has 174 valence electrons. The molecule has 1 amide bonds. The average Bonchev–Trinajstić information content (AvgIpc) is 3.14. The molecule has 2 N–H and O–H groups in total. The van der Waals surface area contributed by atoms with Gasteiger partial charge in [0.2, 0.25) is 15.9 Å². The fraction of sp³-hybridized carbons (Fsp3) is 0.450. The highest BCUT2D eigenvalue weighted by Crippen LogP contribution is 2.37. The number of piperidine rings is 1. The fourth-order valence-corrected chi connectivity index (χ4v) is 5.13. The quantitative estimate of drug-likeness (QED) is 0.437. The first kappa shape index (κ1) is 24.3. The van der Waals surface area contributed by atoms with E-state index in [1.165, 1.54) is 23.5 Å². The third-order valence-corrected chi connectivity index (χ3v) is 7.07. The lowest BCUT2D eigenvalue weighted by atomic mass is 9.86. The van der Waals surface area contributed by atoms with Crippen LogP contribution in [0.5, 0.6) is 0 Å². The van der Waals surface area contributed by atoms with Crippen LogP contribution in [0.25, 0.3) is 11.5 Å². The second-order valence-electron chi connectivity index (χ2n) is 7.51. The first-order valence-corrected chi connectivity index (χ1v) is 11.9. The van der Waals surface area contributed by atoms with Crippen LogP contribution in [0.15, 0.2) is 29.8 Å². The van der Waals surface area contributed by atoms with Crippen LogP contribution in [-0.4, -0.2) is 66.9 Å². The Morgan fingerprint density at radius 3 is 2.91 bits per heavy atom. The largest absolute Gasteiger partial charge is 0.383 e. The second kappa shape index (κ2) is 10.5. The van der Waals surface area contributed by atoms with Crippen molar-refractivity contribution in [2.45, 2.75) is 19.3 Å². The van der Waals surface area contributed by atoms with Crippen molar-refractivity contribution < 1.29 is 22.3 Å². The SMILES string of the molecule is COCCNC(=O)C=CS(=O)(=O)N1CC[C@@H](c2[nH]c(-c3ccc(F)cn3)nc2Cl)[C@@H](C)C1. The molecule has 9 nitrogen and oxygen atoms in total. The van der Waals surface area contributed by atoms with Gasteiger partial charge in [0.25, 0.3) is 0 Å². The third-order valence-electron chi connectivity index (χ3n) is 5.25. The molecule has 1 aliphatic heterocycles. The zero-order chi connectivity index (χ0) is 23.3. The number of imidazole rings is 1. The van der Waals surface area contributed by atoms with Crippen LogP contribution in [0.2, 0.25) is 5.15 Å². The van der Waals surface area contributed by atoms with Crippen molar-refractivity contribution in [1.29, 1.82) is 0 Å². The van der Waals surface area contributed by atoms with Crippen LogP contribution < -0.4 is 5.32 Å². The summed E-state index contributed by atoms with van der Waals surface area (Å²) in [6.45, 7) is 3.10. The number of methoxy groups -OCH3 is 1. The van der Waals surface area contributed by atoms with E-state index in [1.54, 1.807) is 0 Å². The predicted octanol–water partition coefficient (Wildman–Crippen LogP) is 2.30. The Bertz CT molecular complexity index is 1070. The third kappa shape index (κ3) is 5.91. The van der Waals surface area contributed by atoms with E-state index in [0.717, 1.165) is 17.7 Å². The predicted molar refractivity (Wildman–Crippen MR) is 118 cm³/mol. The molecule has 2 atom stereocenters. The van der Waals surface area contributed by atoms with E-state index in [4.69, 9.17) is 16.3 Å². The monoisotopic (exact) mass is 485 g/mol. The fourth-order valence-electron chi connectivity index (χ4n) is 3.58. The van der Waals surface area contributed by atoms with Gasteiger partial charge in [-0.15, -0.1) is 0 Å². The number of nitrogens with one attached hydrogen (secondary N) is 2. The van der Waals surface area contributed by atoms with E-state index in [2.05, 4.69) is 20.3 Å². The number of rotatable bonds is 8. The van der Waals surface area contributed by atoms with Gasteiger partial charge in [0.15, 0.2) is 11.0 Å². The molecule has 0 spiro atoms. The summed E-state index contributed by atoms with van der Waals surface area (Å²) in [5.74, 6) is -0.629. The zero-order valence-corrected chi connectivity index (χ0v) is 19.3. The normalized spacial score (nSPS) is 20.0. The number of aromatic amines is 1. The van der Waals surface area contributed by atoms with E-state index in [-0.39, 0.29) is 30.1 Å². The summed E-state index contributed by atoms with van der Waals surface area (Å²) < 4.78 is 44.6. The Balaban J connectivity index is 1.66. The number of pyridine rings is 1. The molecule has 1 fully saturated rings. The summed E-state index contributed by atoms with van der Waals surface area (Å²) in [5.41, 5.74) is 1.16. The van der Waals surface area contributed by atoms with Crippen LogP contribution in [0.1, 0.15) is 25.0 Å². The number of aromatic nitrogens is 3. The van der Waals surface area contributed by atoms with Crippen molar-refractivity contribution in [1.82, 2.24) is 24.6 Å². The van der Waals surface area contributed by atoms with Crippen molar-refractivity contribution in [2.24, 2.45) is 5.92 Å². The van der Waals surface area contributed by atoms with Gasteiger partial charge in [-0.25, -0.2) is 22.8 Å². The van der Waals surface area contributed by atoms with E-state index in [1.807, 2.05) is 6.92 Å². The van der Waals surface area contributed by atoms with Crippen molar-refractivity contribution in [2.75, 3.05) is 33.4 Å². The maximum atomic E-state index is 13.1. The summed E-state index contributed by atoms with van der Waals surface area (Å²) in [6.07, 6.45) is 2.63. The Kier molecular flexibility index (Phi) is 7.99. The standard InChI is InChI=1S/C20H25ClFN5O4S/c1-13-12-27(32(29,30)10-6-17(28)23-7-9-31-2)8-5-15(13)18-19(21)26-20(25-18)16-4-3-14(22)11-24-16/h3-4,6,10-11,13,15H,5,7-9,12H2,1-2H3,(H,23,28)(H,25,26)/t13-,15+/m0/s1. The van der Waals surface area contributed by atoms with Gasteiger partial charge >= 0.3 is 0 Å². The minimum atomic E-state index is -3.74. The van der Waals surface area contributed by atoms with Crippen LogP contribution in [0.3, 0.4) is 0 Å². The van der Waals surface area contributed by atoms with E-state index in [9.17, 15) is 17.6 Å². The number of carbonyl (C=O) groups is 1. The van der Waals surface area contributed by atoms with Crippen LogP contribution in [0, 0.1) is 11.7 Å². The van der Waals surface area contributed by atoms with E-state index >= 15 is 0 Å². The molecule has 0 aliphatic carbocycles. The van der Waals surface area contributed by atoms with Crippen molar-refractivity contribution in [3.8, 4) is 11.5 Å². The molecule has 0 radical (unpaired) electrons. The highest BCUT2D eigenvalue weighted by atomic mass is 35.5. The molecule has 0 bridgehead atoms. The van der Waals surface area contributed by atoms with E-state index < -0.39 is 21.7 Å². The maximum Gasteiger partial charge on any atom is 0.244 e. The number of ether oxygens (including phenoxy) is 1. The molecule has 1 saturated heterocycles. The number of hydrogen-bond acceptors (Lipinski definition) is 6. The number of nitrogens with zero attached hydrogens (tertiary/aromatic N) is 3. The molecule has 12 heteroatoms. The Morgan fingerprint density at radius 2 is 2.25 bits per heavy atom. The molecule has 2 aromatic rings. The number of hydrogen-bond donors (Lipinski definition) is 2. The maximum absolute atomic E-state index is 13.1. The second-order valence-corrected chi connectivity index (χ2v) is 9.69. The first-order chi connectivity index (χ1) is 15.2. The minimum Gasteiger partial charge on any atom is -0.383 e. The molecule has 32 heavy (non-hydrogen) atoms. The number of carbonyl (C=O) groups excluding carboxylic acids is 1. The molecule has 3 rings (SSSR count). The van der Waals surface area contributed by atoms with Gasteiger partial charge in [-0.1, -0.05) is 18.5 Å². The lowest BCUT2D eigenvalue weighted by Gasteiger charge is -2.35. The summed E-state index contributed by atoms with van der Waals surface area (Å²) in [6, 6.07) is 2.79. The molecule has 2 aromatic heterocycles. The van der Waals surface area contributed by atoms with Gasteiger partial charge in [-0.2, -0.15) is 4.31 Å². The van der Waals surface area contributed by atoms with E-state index in [0.29, 0.717) is 36.8 Å². The summed E-state index contributed by atoms with van der Waals surface area (Å²) in [5, 5.41) is 3.74. The smallest absolute Gasteiger partial charge is 0.244 e. The lowest BCUT2D eigenvalue weighted by Crippen LogP contribution is -2.41. The van der Waals surface area contributed by atoms with Gasteiger partial charge in [0.05, 0.1) is 23.9 Å². The van der Waals surface area contributed by atoms with Gasteiger partial charge < -0.3 is 15.0 Å². The highest BCUT2D eigenvalue weighted by Gasteiger charge is 2.34. The number of sulfonamides is 1. The lowest BCUT2D eigenvalue weighted by molar-refractivity contribution is -0.116. The van der Waals surface area contributed by atoms with Gasteiger partial charge in [0.1, 0.15) is 11.5 Å². The summed E-state index contributed by atoms with van der Waals surface area (Å²) in [4.78, 5) is 23.2. The Morgan fingerprint density at radius 1 is 1.47 bits per heavy atom. The Hall–Kier alpha value is -2.34. The number of H-pyrrole nitrogens is 1. The first-order valence-electron chi connectivity index (χ1n) is 10.0. The zero-order valence-electron chi connectivity index (χ0n) is 17.7. The molecule has 0 aromatic carbocycles. The van der Waals surface area contributed by atoms with Crippen molar-refractivity contribution in [3.63, 3.8) is 0 Å². The van der Waals surface area contributed by atoms with Crippen molar-refractivity contribution >= 4 is 27.5 Å². The minimum absolute atomic E-state index is 0.0445. The van der Waals surface area contributed by atoms with Gasteiger partial charge in [0, 0.05) is 38.7 Å². The van der Waals surface area contributed by atoms with Crippen LogP contribution >= 0.6 is 11.6 Å². The molecule has 0 saturated carbocycles. The molecule has 3 heterocycles. The summed E-state index contributed by atoms with van der Waals surface area (Å²) >= 11 is 6.35. The van der Waals surface area contributed by atoms with Crippen LogP contribution in [-0.2, 0) is 19.6 Å². The number of halogens is 2. The average molecular weight is 486 g/mol. The van der Waals surface area contributed by atoms with Crippen molar-refractivity contribution in [3.05, 3.63) is 46.5 Å². The number of amides is 1. The molecule has 0 unspecified atom stereocenters. The molecular weight excluding hydrogens is 461 g/mol. The highest BCUT2D eigenvalue weighted by molar-refractivity contribution is 7.92. The molecule has 1 aliphatic rings. The molecular formula is C20H25ClFN5O4S. The summed E-state index contributed by atoms with van der Waals surface area (Å²) in [7, 11) is -2.24. The van der Waals surface area contributed by atoms with Gasteiger partial charge in [-0.05, 0) is 24.5 Å². The van der Waals surface area contributed by atoms with Crippen LogP contribution in [0.4, 0.5) is 4.39 Å². The topological polar surface area (TPSA) is 117 Å². The Labute approximate surface area is 191 Å². The van der Waals surface area contributed by atoms with Gasteiger partial charge in [-0.3, -0.25) is 4.79 Å².